The molecule has 0 aliphatic carbocycles. The van der Waals surface area contributed by atoms with E-state index in [9.17, 15) is 14.4 Å². The standard InChI is InChI=1S/C7H10O6/c8-4-13-3-5(1-6(9)10)2-7(11)12/h4-5H,1-3H2,(H,9,10)(H,11,12). The number of carbonyl (C=O) groups is 3. The number of carboxylic acids is 2. The van der Waals surface area contributed by atoms with Crippen molar-refractivity contribution < 1.29 is 29.3 Å². The van der Waals surface area contributed by atoms with E-state index in [1.807, 2.05) is 0 Å². The molecule has 74 valence electrons. The van der Waals surface area contributed by atoms with Crippen molar-refractivity contribution in [3.8, 4) is 0 Å². The van der Waals surface area contributed by atoms with Gasteiger partial charge in [-0.2, -0.15) is 0 Å². The van der Waals surface area contributed by atoms with Crippen molar-refractivity contribution in [2.75, 3.05) is 6.61 Å². The van der Waals surface area contributed by atoms with E-state index in [0.29, 0.717) is 0 Å². The zero-order valence-electron chi connectivity index (χ0n) is 6.80. The first-order valence-electron chi connectivity index (χ1n) is 3.55. The van der Waals surface area contributed by atoms with Crippen molar-refractivity contribution in [3.63, 3.8) is 0 Å². The highest BCUT2D eigenvalue weighted by Gasteiger charge is 2.17. The van der Waals surface area contributed by atoms with Crippen molar-refractivity contribution in [3.05, 3.63) is 0 Å². The van der Waals surface area contributed by atoms with Gasteiger partial charge < -0.3 is 14.9 Å². The van der Waals surface area contributed by atoms with E-state index in [1.54, 1.807) is 0 Å². The molecule has 0 radical (unpaired) electrons. The minimum absolute atomic E-state index is 0.163. The molecule has 0 atom stereocenters. The monoisotopic (exact) mass is 190 g/mol. The molecular weight excluding hydrogens is 180 g/mol. The quantitative estimate of drug-likeness (QED) is 0.535. The normalized spacial score (nSPS) is 9.62. The second-order valence-electron chi connectivity index (χ2n) is 2.49. The molecule has 13 heavy (non-hydrogen) atoms. The van der Waals surface area contributed by atoms with Crippen LogP contribution in [0.5, 0.6) is 0 Å². The maximum atomic E-state index is 10.2. The van der Waals surface area contributed by atoms with Gasteiger partial charge in [-0.25, -0.2) is 0 Å². The second kappa shape index (κ2) is 5.99. The fraction of sp³-hybridized carbons (Fsp3) is 0.571. The molecule has 0 aromatic carbocycles. The molecule has 0 saturated carbocycles. The van der Waals surface area contributed by atoms with Gasteiger partial charge in [0, 0.05) is 5.92 Å². The highest BCUT2D eigenvalue weighted by molar-refractivity contribution is 5.70. The molecule has 0 aliphatic heterocycles. The summed E-state index contributed by atoms with van der Waals surface area (Å²) in [6.45, 7) is -0.0151. The smallest absolute Gasteiger partial charge is 0.303 e. The molecule has 0 heterocycles. The Balaban J connectivity index is 3.93. The lowest BCUT2D eigenvalue weighted by Gasteiger charge is -2.09. The van der Waals surface area contributed by atoms with Crippen LogP contribution in [0.3, 0.4) is 0 Å². The fourth-order valence-corrected chi connectivity index (χ4v) is 0.859. The van der Waals surface area contributed by atoms with Gasteiger partial charge in [0.25, 0.3) is 6.47 Å². The summed E-state index contributed by atoms with van der Waals surface area (Å²) in [6, 6.07) is 0. The lowest BCUT2D eigenvalue weighted by atomic mass is 10.0. The van der Waals surface area contributed by atoms with E-state index < -0.39 is 17.9 Å². The van der Waals surface area contributed by atoms with Gasteiger partial charge in [0.05, 0.1) is 19.4 Å². The predicted molar refractivity (Wildman–Crippen MR) is 40.0 cm³/mol. The Hall–Kier alpha value is -1.59. The summed E-state index contributed by atoms with van der Waals surface area (Å²) in [5.74, 6) is -2.89. The summed E-state index contributed by atoms with van der Waals surface area (Å²) >= 11 is 0. The number of hydrogen-bond acceptors (Lipinski definition) is 4. The SMILES string of the molecule is O=COCC(CC(=O)O)CC(=O)O. The Kier molecular flexibility index (Phi) is 5.25. The third-order valence-corrected chi connectivity index (χ3v) is 1.33. The summed E-state index contributed by atoms with van der Waals surface area (Å²) in [6.07, 6.45) is -0.639. The van der Waals surface area contributed by atoms with Crippen molar-refractivity contribution in [1.29, 1.82) is 0 Å². The van der Waals surface area contributed by atoms with Crippen LogP contribution in [0.25, 0.3) is 0 Å². The molecule has 0 aliphatic rings. The minimum atomic E-state index is -1.11. The van der Waals surface area contributed by atoms with Gasteiger partial charge in [-0.1, -0.05) is 0 Å². The average molecular weight is 190 g/mol. The van der Waals surface area contributed by atoms with Crippen LogP contribution in [-0.2, 0) is 19.1 Å². The number of ether oxygens (including phenoxy) is 1. The second-order valence-corrected chi connectivity index (χ2v) is 2.49. The van der Waals surface area contributed by atoms with Crippen molar-refractivity contribution in [1.82, 2.24) is 0 Å². The predicted octanol–water partition coefficient (Wildman–Crippen LogP) is -0.275. The van der Waals surface area contributed by atoms with Crippen LogP contribution in [0, 0.1) is 5.92 Å². The molecule has 0 fully saturated rings. The molecule has 2 N–H and O–H groups in total. The first kappa shape index (κ1) is 11.4. The third kappa shape index (κ3) is 6.79. The van der Waals surface area contributed by atoms with E-state index in [2.05, 4.69) is 4.74 Å². The van der Waals surface area contributed by atoms with Crippen molar-refractivity contribution in [2.24, 2.45) is 5.92 Å². The summed E-state index contributed by atoms with van der Waals surface area (Å²) < 4.78 is 4.29. The molecule has 6 nitrogen and oxygen atoms in total. The molecule has 0 aromatic heterocycles. The fourth-order valence-electron chi connectivity index (χ4n) is 0.859. The van der Waals surface area contributed by atoms with Crippen molar-refractivity contribution in [2.45, 2.75) is 12.8 Å². The van der Waals surface area contributed by atoms with Crippen LogP contribution in [0.1, 0.15) is 12.8 Å². The zero-order chi connectivity index (χ0) is 10.3. The molecule has 0 aromatic rings. The number of carboxylic acid groups (broad SMARTS) is 2. The number of carbonyl (C=O) groups excluding carboxylic acids is 1. The summed E-state index contributed by atoms with van der Waals surface area (Å²) in [4.78, 5) is 30.2. The Morgan fingerprint density at radius 1 is 1.23 bits per heavy atom. The van der Waals surface area contributed by atoms with Crippen LogP contribution in [-0.4, -0.2) is 35.2 Å². The van der Waals surface area contributed by atoms with Gasteiger partial charge in [-0.05, 0) is 0 Å². The van der Waals surface area contributed by atoms with E-state index in [4.69, 9.17) is 10.2 Å². The molecule has 0 amide bonds. The Morgan fingerprint density at radius 2 is 1.69 bits per heavy atom. The topological polar surface area (TPSA) is 101 Å². The molecule has 0 rings (SSSR count). The molecule has 0 bridgehead atoms. The van der Waals surface area contributed by atoms with E-state index >= 15 is 0 Å². The lowest BCUT2D eigenvalue weighted by Crippen LogP contribution is -2.17. The maximum Gasteiger partial charge on any atom is 0.303 e. The van der Waals surface area contributed by atoms with Crippen LogP contribution in [0.4, 0.5) is 0 Å². The maximum absolute atomic E-state index is 10.2. The Bertz CT molecular complexity index is 183. The lowest BCUT2D eigenvalue weighted by molar-refractivity contribution is -0.144. The van der Waals surface area contributed by atoms with E-state index in [-0.39, 0.29) is 25.9 Å². The Labute approximate surface area is 74.1 Å². The number of hydrogen-bond donors (Lipinski definition) is 2. The molecule has 0 saturated heterocycles. The van der Waals surface area contributed by atoms with Crippen LogP contribution in [0.2, 0.25) is 0 Å². The van der Waals surface area contributed by atoms with Gasteiger partial charge >= 0.3 is 11.9 Å². The molecule has 0 spiro atoms. The first-order chi connectivity index (χ1) is 6.06. The summed E-state index contributed by atoms with van der Waals surface area (Å²) in [7, 11) is 0. The van der Waals surface area contributed by atoms with Crippen LogP contribution in [0.15, 0.2) is 0 Å². The van der Waals surface area contributed by atoms with Gasteiger partial charge in [-0.15, -0.1) is 0 Å². The zero-order valence-corrected chi connectivity index (χ0v) is 6.80. The van der Waals surface area contributed by atoms with Crippen LogP contribution >= 0.6 is 0 Å². The minimum Gasteiger partial charge on any atom is -0.481 e. The van der Waals surface area contributed by atoms with E-state index in [1.165, 1.54) is 0 Å². The third-order valence-electron chi connectivity index (χ3n) is 1.33. The highest BCUT2D eigenvalue weighted by atomic mass is 16.5. The number of aliphatic carboxylic acids is 2. The Morgan fingerprint density at radius 3 is 2.00 bits per heavy atom. The van der Waals surface area contributed by atoms with Gasteiger partial charge in [0.1, 0.15) is 0 Å². The van der Waals surface area contributed by atoms with Gasteiger partial charge in [-0.3, -0.25) is 14.4 Å². The highest BCUT2D eigenvalue weighted by Crippen LogP contribution is 2.08. The summed E-state index contributed by atoms with van der Waals surface area (Å²) in [5.41, 5.74) is 0. The molecular formula is C7H10O6. The van der Waals surface area contributed by atoms with Gasteiger partial charge in [0.2, 0.25) is 0 Å². The van der Waals surface area contributed by atoms with E-state index in [0.717, 1.165) is 0 Å². The first-order valence-corrected chi connectivity index (χ1v) is 3.55. The molecule has 0 unspecified atom stereocenters. The summed E-state index contributed by atoms with van der Waals surface area (Å²) in [5, 5.41) is 16.7. The largest absolute Gasteiger partial charge is 0.481 e. The molecule has 6 heteroatoms. The number of rotatable bonds is 7. The average Bonchev–Trinajstić information content (AvgIpc) is 1.98. The van der Waals surface area contributed by atoms with Crippen molar-refractivity contribution >= 4 is 18.4 Å². The van der Waals surface area contributed by atoms with Gasteiger partial charge in [0.15, 0.2) is 0 Å². The van der Waals surface area contributed by atoms with Crippen LogP contribution < -0.4 is 0 Å².